The summed E-state index contributed by atoms with van der Waals surface area (Å²) in [7, 11) is 0. The highest BCUT2D eigenvalue weighted by molar-refractivity contribution is 5.90. The number of amides is 3. The molecule has 31 heavy (non-hydrogen) atoms. The van der Waals surface area contributed by atoms with E-state index in [1.807, 2.05) is 62.1 Å². The van der Waals surface area contributed by atoms with Crippen molar-refractivity contribution in [1.82, 2.24) is 10.2 Å². The number of urea groups is 1. The van der Waals surface area contributed by atoms with Crippen LogP contribution in [0.3, 0.4) is 0 Å². The summed E-state index contributed by atoms with van der Waals surface area (Å²) in [5.41, 5.74) is 3.84. The van der Waals surface area contributed by atoms with Crippen LogP contribution in [0.15, 0.2) is 48.5 Å². The summed E-state index contributed by atoms with van der Waals surface area (Å²) in [6, 6.07) is 16.0. The Morgan fingerprint density at radius 1 is 1.00 bits per heavy atom. The number of hydrogen-bond acceptors (Lipinski definition) is 4. The molecular weight excluding hydrogens is 392 g/mol. The molecule has 2 heterocycles. The molecule has 0 spiro atoms. The quantitative estimate of drug-likeness (QED) is 0.775. The van der Waals surface area contributed by atoms with Gasteiger partial charge in [0.2, 0.25) is 0 Å². The lowest BCUT2D eigenvalue weighted by Gasteiger charge is -2.41. The second kappa shape index (κ2) is 8.49. The molecule has 2 aromatic carbocycles. The number of fused-ring (bicyclic) bond motifs is 1. The molecule has 0 saturated carbocycles. The molecular formula is C24H30N4O3. The van der Waals surface area contributed by atoms with Crippen LogP contribution in [0, 0.1) is 5.92 Å². The van der Waals surface area contributed by atoms with Gasteiger partial charge in [-0.2, -0.15) is 0 Å². The van der Waals surface area contributed by atoms with Crippen LogP contribution in [0.25, 0.3) is 0 Å². The fourth-order valence-corrected chi connectivity index (χ4v) is 3.89. The molecule has 0 aliphatic carbocycles. The molecule has 7 heteroatoms. The maximum Gasteiger partial charge on any atom is 0.407 e. The summed E-state index contributed by atoms with van der Waals surface area (Å²) in [4.78, 5) is 28.4. The molecule has 7 nitrogen and oxygen atoms in total. The monoisotopic (exact) mass is 422 g/mol. The number of alkyl carbamates (subject to hydrolysis) is 1. The summed E-state index contributed by atoms with van der Waals surface area (Å²) >= 11 is 0. The van der Waals surface area contributed by atoms with Crippen molar-refractivity contribution in [3.63, 3.8) is 0 Å². The summed E-state index contributed by atoms with van der Waals surface area (Å²) in [6.07, 6.45) is -0.368. The van der Waals surface area contributed by atoms with E-state index in [1.165, 1.54) is 11.1 Å². The molecule has 2 aliphatic rings. The topological polar surface area (TPSA) is 73.9 Å². The van der Waals surface area contributed by atoms with Crippen LogP contribution in [-0.2, 0) is 17.8 Å². The Labute approximate surface area is 183 Å². The maximum absolute atomic E-state index is 12.6. The molecule has 3 amide bonds. The number of ether oxygens (including phenoxy) is 1. The Hall–Kier alpha value is -3.22. The largest absolute Gasteiger partial charge is 0.444 e. The lowest BCUT2D eigenvalue weighted by atomic mass is 9.99. The number of anilines is 2. The van der Waals surface area contributed by atoms with Crippen LogP contribution < -0.4 is 15.5 Å². The van der Waals surface area contributed by atoms with E-state index in [0.717, 1.165) is 24.5 Å². The van der Waals surface area contributed by atoms with Gasteiger partial charge in [0, 0.05) is 50.0 Å². The van der Waals surface area contributed by atoms with Crippen molar-refractivity contribution < 1.29 is 14.3 Å². The van der Waals surface area contributed by atoms with Gasteiger partial charge in [0.25, 0.3) is 0 Å². The van der Waals surface area contributed by atoms with Crippen LogP contribution in [0.4, 0.5) is 21.0 Å². The van der Waals surface area contributed by atoms with Gasteiger partial charge >= 0.3 is 12.1 Å². The van der Waals surface area contributed by atoms with Gasteiger partial charge in [0.05, 0.1) is 0 Å². The van der Waals surface area contributed by atoms with Crippen molar-refractivity contribution in [2.75, 3.05) is 29.9 Å². The Kier molecular flexibility index (Phi) is 5.76. The average Bonchev–Trinajstić information content (AvgIpc) is 3.11. The average molecular weight is 423 g/mol. The highest BCUT2D eigenvalue weighted by Gasteiger charge is 2.28. The fraction of sp³-hybridized carbons (Fsp3) is 0.417. The lowest BCUT2D eigenvalue weighted by molar-refractivity contribution is 0.0516. The predicted molar refractivity (Wildman–Crippen MR) is 121 cm³/mol. The number of nitrogens with one attached hydrogen (secondary N) is 2. The standard InChI is InChI=1S/C24H30N4O3/c1-24(2,3)31-23(30)25-12-17-13-27(14-17)21-10-8-20(9-11-21)26-22(29)28-15-18-6-4-5-7-19(18)16-28/h4-11,17H,12-16H2,1-3H3,(H,25,30)(H,26,29). The Balaban J connectivity index is 1.21. The van der Waals surface area contributed by atoms with E-state index in [9.17, 15) is 9.59 Å². The molecule has 2 aromatic rings. The van der Waals surface area contributed by atoms with E-state index >= 15 is 0 Å². The van der Waals surface area contributed by atoms with Gasteiger partial charge in [0.1, 0.15) is 5.60 Å². The van der Waals surface area contributed by atoms with E-state index in [1.54, 1.807) is 0 Å². The minimum absolute atomic E-state index is 0.0822. The van der Waals surface area contributed by atoms with Crippen molar-refractivity contribution in [2.45, 2.75) is 39.5 Å². The first-order valence-electron chi connectivity index (χ1n) is 10.7. The zero-order valence-corrected chi connectivity index (χ0v) is 18.4. The molecule has 2 aliphatic heterocycles. The van der Waals surface area contributed by atoms with Gasteiger partial charge in [-0.25, -0.2) is 9.59 Å². The predicted octanol–water partition coefficient (Wildman–Crippen LogP) is 4.20. The first-order chi connectivity index (χ1) is 14.8. The van der Waals surface area contributed by atoms with Crippen molar-refractivity contribution in [1.29, 1.82) is 0 Å². The number of hydrogen-bond donors (Lipinski definition) is 2. The molecule has 0 bridgehead atoms. The van der Waals surface area contributed by atoms with Gasteiger partial charge in [-0.1, -0.05) is 24.3 Å². The van der Waals surface area contributed by atoms with Crippen molar-refractivity contribution in [3.8, 4) is 0 Å². The Morgan fingerprint density at radius 2 is 1.61 bits per heavy atom. The summed E-state index contributed by atoms with van der Waals surface area (Å²) in [6.45, 7) is 9.23. The number of carbonyl (C=O) groups excluding carboxylic acids is 2. The lowest BCUT2D eigenvalue weighted by Crippen LogP contribution is -2.51. The van der Waals surface area contributed by atoms with Crippen LogP contribution in [-0.4, -0.2) is 42.3 Å². The number of carbonyl (C=O) groups is 2. The van der Waals surface area contributed by atoms with Gasteiger partial charge in [-0.15, -0.1) is 0 Å². The van der Waals surface area contributed by atoms with Gasteiger partial charge in [0.15, 0.2) is 0 Å². The molecule has 0 aromatic heterocycles. The van der Waals surface area contributed by atoms with Crippen molar-refractivity contribution in [2.24, 2.45) is 5.92 Å². The number of rotatable bonds is 4. The molecule has 0 atom stereocenters. The van der Waals surface area contributed by atoms with Crippen molar-refractivity contribution >= 4 is 23.5 Å². The summed E-state index contributed by atoms with van der Waals surface area (Å²) < 4.78 is 5.27. The fourth-order valence-electron chi connectivity index (χ4n) is 3.89. The van der Waals surface area contributed by atoms with Gasteiger partial charge < -0.3 is 25.2 Å². The minimum atomic E-state index is -0.481. The van der Waals surface area contributed by atoms with Crippen LogP contribution in [0.2, 0.25) is 0 Å². The first-order valence-corrected chi connectivity index (χ1v) is 10.7. The van der Waals surface area contributed by atoms with Crippen LogP contribution >= 0.6 is 0 Å². The van der Waals surface area contributed by atoms with Crippen LogP contribution in [0.5, 0.6) is 0 Å². The highest BCUT2D eigenvalue weighted by Crippen LogP contribution is 2.27. The third-order valence-electron chi connectivity index (χ3n) is 5.50. The van der Waals surface area contributed by atoms with E-state index in [0.29, 0.717) is 25.6 Å². The Bertz CT molecular complexity index is 921. The van der Waals surface area contributed by atoms with E-state index < -0.39 is 5.60 Å². The molecule has 4 rings (SSSR count). The second-order valence-electron chi connectivity index (χ2n) is 9.26. The normalized spacial score (nSPS) is 15.8. The smallest absolute Gasteiger partial charge is 0.407 e. The zero-order valence-electron chi connectivity index (χ0n) is 18.4. The first kappa shape index (κ1) is 21.0. The van der Waals surface area contributed by atoms with Gasteiger partial charge in [-0.3, -0.25) is 0 Å². The summed E-state index contributed by atoms with van der Waals surface area (Å²) in [5, 5.41) is 5.83. The van der Waals surface area contributed by atoms with E-state index in [2.05, 4.69) is 27.7 Å². The van der Waals surface area contributed by atoms with E-state index in [-0.39, 0.29) is 12.1 Å². The third kappa shape index (κ3) is 5.29. The number of nitrogens with zero attached hydrogens (tertiary/aromatic N) is 2. The van der Waals surface area contributed by atoms with Crippen molar-refractivity contribution in [3.05, 3.63) is 59.7 Å². The molecule has 0 unspecified atom stereocenters. The third-order valence-corrected chi connectivity index (χ3v) is 5.50. The van der Waals surface area contributed by atoms with Crippen LogP contribution in [0.1, 0.15) is 31.9 Å². The molecule has 1 saturated heterocycles. The number of benzene rings is 2. The molecule has 1 fully saturated rings. The molecule has 0 radical (unpaired) electrons. The maximum atomic E-state index is 12.6. The highest BCUT2D eigenvalue weighted by atomic mass is 16.6. The van der Waals surface area contributed by atoms with Gasteiger partial charge in [-0.05, 0) is 56.2 Å². The molecule has 164 valence electrons. The second-order valence-corrected chi connectivity index (χ2v) is 9.26. The SMILES string of the molecule is CC(C)(C)OC(=O)NCC1CN(c2ccc(NC(=O)N3Cc4ccccc4C3)cc2)C1. The Morgan fingerprint density at radius 3 is 2.19 bits per heavy atom. The minimum Gasteiger partial charge on any atom is -0.444 e. The summed E-state index contributed by atoms with van der Waals surface area (Å²) in [5.74, 6) is 0.406. The molecule has 2 N–H and O–H groups in total. The van der Waals surface area contributed by atoms with E-state index in [4.69, 9.17) is 4.74 Å². The zero-order chi connectivity index (χ0) is 22.0.